The topological polar surface area (TPSA) is 75.9 Å². The molecule has 0 amide bonds. The van der Waals surface area contributed by atoms with Crippen molar-refractivity contribution in [1.82, 2.24) is 30.0 Å². The van der Waals surface area contributed by atoms with E-state index in [0.717, 1.165) is 94.0 Å². The summed E-state index contributed by atoms with van der Waals surface area (Å²) in [6, 6.07) is 15.5. The van der Waals surface area contributed by atoms with E-state index in [9.17, 15) is 4.39 Å². The fourth-order valence-corrected chi connectivity index (χ4v) is 6.15. The lowest BCUT2D eigenvalue weighted by atomic mass is 10.0. The molecule has 0 spiro atoms. The SMILES string of the molecule is C=C/C(=C\C(=C/C)c1cnc2[nH]nc(-c3cc4c(-c5cc(F)cc(NCCN(C)C)c5)cccc4[nH]3)c2c1)CN1CCCCC1. The lowest BCUT2D eigenvalue weighted by Crippen LogP contribution is -2.31. The quantitative estimate of drug-likeness (QED) is 0.134. The number of nitrogens with zero attached hydrogens (tertiary/aromatic N) is 4. The number of likely N-dealkylation sites (tertiary alicyclic amines) is 1. The van der Waals surface area contributed by atoms with Gasteiger partial charge in [-0.1, -0.05) is 43.4 Å². The van der Waals surface area contributed by atoms with Gasteiger partial charge in [-0.2, -0.15) is 5.10 Å². The second-order valence-corrected chi connectivity index (χ2v) is 12.1. The number of rotatable bonds is 11. The number of allylic oxidation sites excluding steroid dienone is 3. The van der Waals surface area contributed by atoms with Crippen molar-refractivity contribution in [3.05, 3.63) is 96.5 Å². The number of anilines is 1. The summed E-state index contributed by atoms with van der Waals surface area (Å²) in [6.45, 7) is 10.9. The second kappa shape index (κ2) is 13.6. The van der Waals surface area contributed by atoms with E-state index in [1.54, 1.807) is 12.1 Å². The van der Waals surface area contributed by atoms with Gasteiger partial charge >= 0.3 is 0 Å². The van der Waals surface area contributed by atoms with Crippen molar-refractivity contribution in [2.24, 2.45) is 0 Å². The highest BCUT2D eigenvalue weighted by Gasteiger charge is 2.17. The molecule has 0 radical (unpaired) electrons. The van der Waals surface area contributed by atoms with Crippen molar-refractivity contribution in [3.63, 3.8) is 0 Å². The number of nitrogens with one attached hydrogen (secondary N) is 3. The summed E-state index contributed by atoms with van der Waals surface area (Å²) in [7, 11) is 4.05. The van der Waals surface area contributed by atoms with Gasteiger partial charge in [0, 0.05) is 53.4 Å². The highest BCUT2D eigenvalue weighted by atomic mass is 19.1. The van der Waals surface area contributed by atoms with Gasteiger partial charge in [0.1, 0.15) is 11.5 Å². The third kappa shape index (κ3) is 6.92. The minimum absolute atomic E-state index is 0.270. The van der Waals surface area contributed by atoms with E-state index in [-0.39, 0.29) is 5.82 Å². The summed E-state index contributed by atoms with van der Waals surface area (Å²) in [4.78, 5) is 12.9. The maximum atomic E-state index is 14.8. The number of pyridine rings is 1. The molecule has 4 heterocycles. The number of piperidine rings is 1. The van der Waals surface area contributed by atoms with Gasteiger partial charge in [-0.3, -0.25) is 10.00 Å². The predicted octanol–water partition coefficient (Wildman–Crippen LogP) is 7.89. The Morgan fingerprint density at radius 1 is 1.09 bits per heavy atom. The predicted molar refractivity (Wildman–Crippen MR) is 186 cm³/mol. The molecule has 0 saturated carbocycles. The summed E-state index contributed by atoms with van der Waals surface area (Å²) < 4.78 is 14.8. The highest BCUT2D eigenvalue weighted by Crippen LogP contribution is 2.35. The Hall–Kier alpha value is -4.53. The average Bonchev–Trinajstić information content (AvgIpc) is 3.67. The van der Waals surface area contributed by atoms with Crippen LogP contribution in [0.5, 0.6) is 0 Å². The van der Waals surface area contributed by atoms with E-state index >= 15 is 0 Å². The van der Waals surface area contributed by atoms with Crippen molar-refractivity contribution < 1.29 is 4.39 Å². The average molecular weight is 604 g/mol. The lowest BCUT2D eigenvalue weighted by molar-refractivity contribution is 0.248. The van der Waals surface area contributed by atoms with Crippen LogP contribution >= 0.6 is 0 Å². The van der Waals surface area contributed by atoms with E-state index in [1.807, 2.05) is 50.6 Å². The number of likely N-dealkylation sites (N-methyl/N-ethyl adjacent to an activating group) is 1. The van der Waals surface area contributed by atoms with E-state index < -0.39 is 0 Å². The molecule has 8 heteroatoms. The standard InChI is InChI=1S/C37H42FN7/c1-5-25(24-45-14-8-7-9-15-45)17-26(6-2)28-20-33-36(42-43-37(33)40-23-28)35-22-32-31(11-10-12-34(32)41-35)27-18-29(38)21-30(19-27)39-13-16-44(3)4/h5-6,10-12,17-23,39,41H,1,7-9,13-16,24H2,2-4H3,(H,40,42,43)/b25-17+,26-6+. The smallest absolute Gasteiger partial charge is 0.155 e. The third-order valence-electron chi connectivity index (χ3n) is 8.53. The molecule has 1 fully saturated rings. The molecule has 7 nitrogen and oxygen atoms in total. The molecular formula is C37H42FN7. The molecule has 0 bridgehead atoms. The number of hydrogen-bond donors (Lipinski definition) is 3. The number of halogens is 1. The molecule has 6 rings (SSSR count). The second-order valence-electron chi connectivity index (χ2n) is 12.1. The van der Waals surface area contributed by atoms with Crippen LogP contribution in [0.1, 0.15) is 31.7 Å². The normalized spacial score (nSPS) is 15.0. The van der Waals surface area contributed by atoms with Crippen molar-refractivity contribution in [2.45, 2.75) is 26.2 Å². The van der Waals surface area contributed by atoms with Crippen molar-refractivity contribution in [1.29, 1.82) is 0 Å². The van der Waals surface area contributed by atoms with Crippen LogP contribution in [0.2, 0.25) is 0 Å². The first-order valence-corrected chi connectivity index (χ1v) is 15.8. The van der Waals surface area contributed by atoms with Crippen LogP contribution in [0, 0.1) is 5.82 Å². The molecule has 3 aromatic heterocycles. The number of aromatic nitrogens is 4. The largest absolute Gasteiger partial charge is 0.384 e. The summed E-state index contributed by atoms with van der Waals surface area (Å²) in [5.74, 6) is -0.270. The van der Waals surface area contributed by atoms with Crippen LogP contribution in [0.15, 0.2) is 85.1 Å². The van der Waals surface area contributed by atoms with Gasteiger partial charge in [0.15, 0.2) is 5.65 Å². The Morgan fingerprint density at radius 2 is 1.93 bits per heavy atom. The molecule has 0 aliphatic carbocycles. The molecule has 232 valence electrons. The Kier molecular flexibility index (Phi) is 9.23. The van der Waals surface area contributed by atoms with Crippen molar-refractivity contribution in [2.75, 3.05) is 52.1 Å². The van der Waals surface area contributed by atoms with Crippen LogP contribution in [0.4, 0.5) is 10.1 Å². The van der Waals surface area contributed by atoms with Crippen LogP contribution < -0.4 is 5.32 Å². The summed E-state index contributed by atoms with van der Waals surface area (Å²) in [6.07, 6.45) is 12.1. The van der Waals surface area contributed by atoms with Gasteiger partial charge in [-0.25, -0.2) is 9.37 Å². The molecule has 1 aliphatic rings. The van der Waals surface area contributed by atoms with E-state index in [2.05, 4.69) is 68.1 Å². The molecule has 1 aliphatic heterocycles. The van der Waals surface area contributed by atoms with E-state index in [4.69, 9.17) is 4.98 Å². The fraction of sp³-hybridized carbons (Fsp3) is 0.297. The molecule has 45 heavy (non-hydrogen) atoms. The van der Waals surface area contributed by atoms with Crippen LogP contribution in [-0.4, -0.2) is 76.8 Å². The summed E-state index contributed by atoms with van der Waals surface area (Å²) in [5, 5.41) is 13.1. The molecule has 0 unspecified atom stereocenters. The van der Waals surface area contributed by atoms with Gasteiger partial charge in [-0.05, 0) is 106 Å². The first kappa shape index (κ1) is 30.5. The van der Waals surface area contributed by atoms with Gasteiger partial charge in [-0.15, -0.1) is 0 Å². The zero-order valence-electron chi connectivity index (χ0n) is 26.5. The first-order chi connectivity index (χ1) is 21.9. The number of benzene rings is 2. The summed E-state index contributed by atoms with van der Waals surface area (Å²) in [5.41, 5.74) is 9.22. The lowest BCUT2D eigenvalue weighted by Gasteiger charge is -2.26. The van der Waals surface area contributed by atoms with Crippen LogP contribution in [0.3, 0.4) is 0 Å². The van der Waals surface area contributed by atoms with Gasteiger partial charge in [0.05, 0.1) is 5.69 Å². The number of aromatic amines is 2. The van der Waals surface area contributed by atoms with Crippen LogP contribution in [0.25, 0.3) is 50.0 Å². The number of H-pyrrole nitrogens is 2. The minimum atomic E-state index is -0.270. The Morgan fingerprint density at radius 3 is 2.71 bits per heavy atom. The number of fused-ring (bicyclic) bond motifs is 2. The maximum Gasteiger partial charge on any atom is 0.155 e. The van der Waals surface area contributed by atoms with Crippen LogP contribution in [-0.2, 0) is 0 Å². The highest BCUT2D eigenvalue weighted by molar-refractivity contribution is 6.01. The third-order valence-corrected chi connectivity index (χ3v) is 8.53. The van der Waals surface area contributed by atoms with Gasteiger partial charge in [0.2, 0.25) is 0 Å². The Balaban J connectivity index is 1.33. The van der Waals surface area contributed by atoms with E-state index in [1.165, 1.54) is 24.8 Å². The molecule has 0 atom stereocenters. The van der Waals surface area contributed by atoms with Gasteiger partial charge < -0.3 is 15.2 Å². The Bertz CT molecular complexity index is 1870. The zero-order valence-corrected chi connectivity index (χ0v) is 26.5. The molecule has 2 aromatic carbocycles. The van der Waals surface area contributed by atoms with Crippen molar-refractivity contribution >= 4 is 33.2 Å². The zero-order chi connectivity index (χ0) is 31.3. The monoisotopic (exact) mass is 603 g/mol. The maximum absolute atomic E-state index is 14.8. The van der Waals surface area contributed by atoms with E-state index in [0.29, 0.717) is 0 Å². The first-order valence-electron chi connectivity index (χ1n) is 15.8. The fourth-order valence-electron chi connectivity index (χ4n) is 6.15. The summed E-state index contributed by atoms with van der Waals surface area (Å²) >= 11 is 0. The molecular weight excluding hydrogens is 561 g/mol. The van der Waals surface area contributed by atoms with Crippen molar-refractivity contribution in [3.8, 4) is 22.5 Å². The molecule has 3 N–H and O–H groups in total. The molecule has 1 saturated heterocycles. The van der Waals surface area contributed by atoms with Gasteiger partial charge in [0.25, 0.3) is 0 Å². The minimum Gasteiger partial charge on any atom is -0.384 e. The Labute approximate surface area is 264 Å². The molecule has 5 aromatic rings. The number of hydrogen-bond acceptors (Lipinski definition) is 5.